The monoisotopic (exact) mass is 612 g/mol. The molecule has 0 N–H and O–H groups in total. The van der Waals surface area contributed by atoms with Crippen molar-refractivity contribution < 1.29 is 33.5 Å². The number of rotatable bonds is 10. The van der Waals surface area contributed by atoms with Gasteiger partial charge in [-0.1, -0.05) is 0 Å². The number of imide groups is 1. The molecule has 1 saturated heterocycles. The largest absolute Gasteiger partial charge is 0.490 e. The molecule has 12 heteroatoms. The number of non-ortho nitro benzene ring substituents is 1. The lowest BCUT2D eigenvalue weighted by Gasteiger charge is -2.15. The number of nitro groups is 1. The smallest absolute Gasteiger partial charge is 0.326 e. The van der Waals surface area contributed by atoms with E-state index in [2.05, 4.69) is 22.6 Å². The maximum atomic E-state index is 12.7. The Morgan fingerprint density at radius 3 is 2.49 bits per heavy atom. The van der Waals surface area contributed by atoms with Gasteiger partial charge in [-0.3, -0.25) is 29.4 Å². The van der Waals surface area contributed by atoms with Crippen LogP contribution in [0.25, 0.3) is 6.08 Å². The van der Waals surface area contributed by atoms with Crippen LogP contribution in [0.4, 0.5) is 10.5 Å². The van der Waals surface area contributed by atoms with Crippen molar-refractivity contribution in [3.05, 3.63) is 66.1 Å². The molecule has 0 unspecified atom stereocenters. The summed E-state index contributed by atoms with van der Waals surface area (Å²) in [6.07, 6.45) is 1.56. The molecule has 2 amide bonds. The Bertz CT molecular complexity index is 1180. The molecule has 184 valence electrons. The van der Waals surface area contributed by atoms with Crippen molar-refractivity contribution in [2.75, 3.05) is 19.8 Å². The number of esters is 1. The van der Waals surface area contributed by atoms with Gasteiger partial charge in [0.05, 0.1) is 26.6 Å². The summed E-state index contributed by atoms with van der Waals surface area (Å²) in [6.45, 7) is 3.71. The van der Waals surface area contributed by atoms with Crippen LogP contribution in [-0.2, 0) is 20.9 Å². The number of nitrogens with zero attached hydrogens (tertiary/aromatic N) is 2. The van der Waals surface area contributed by atoms with Crippen LogP contribution in [0.1, 0.15) is 25.0 Å². The predicted octanol–water partition coefficient (Wildman–Crippen LogP) is 4.78. The van der Waals surface area contributed by atoms with Crippen LogP contribution >= 0.6 is 34.4 Å². The molecule has 1 fully saturated rings. The van der Waals surface area contributed by atoms with Gasteiger partial charge in [0.2, 0.25) is 0 Å². The minimum absolute atomic E-state index is 0.00522. The van der Waals surface area contributed by atoms with Gasteiger partial charge in [-0.25, -0.2) is 0 Å². The highest BCUT2D eigenvalue weighted by molar-refractivity contribution is 14.1. The van der Waals surface area contributed by atoms with Crippen LogP contribution in [0.3, 0.4) is 0 Å². The second kappa shape index (κ2) is 12.0. The van der Waals surface area contributed by atoms with E-state index in [1.54, 1.807) is 37.3 Å². The van der Waals surface area contributed by atoms with Crippen molar-refractivity contribution in [1.82, 2.24) is 4.90 Å². The zero-order valence-electron chi connectivity index (χ0n) is 18.8. The molecule has 2 aromatic carbocycles. The first kappa shape index (κ1) is 26.5. The molecule has 3 rings (SSSR count). The van der Waals surface area contributed by atoms with E-state index < -0.39 is 28.6 Å². The first-order valence-electron chi connectivity index (χ1n) is 10.5. The predicted molar refractivity (Wildman–Crippen MR) is 137 cm³/mol. The first-order valence-corrected chi connectivity index (χ1v) is 12.4. The molecule has 1 aliphatic rings. The Hall–Kier alpha value is -3.13. The summed E-state index contributed by atoms with van der Waals surface area (Å²) in [7, 11) is 0. The molecule has 0 bridgehead atoms. The average molecular weight is 612 g/mol. The number of thioether (sulfide) groups is 1. The summed E-state index contributed by atoms with van der Waals surface area (Å²) < 4.78 is 17.2. The van der Waals surface area contributed by atoms with Crippen molar-refractivity contribution in [3.8, 4) is 11.5 Å². The Balaban J connectivity index is 1.80. The topological polar surface area (TPSA) is 125 Å². The van der Waals surface area contributed by atoms with Gasteiger partial charge in [-0.15, -0.1) is 0 Å². The summed E-state index contributed by atoms with van der Waals surface area (Å²) in [4.78, 5) is 48.0. The normalized spacial score (nSPS) is 14.4. The van der Waals surface area contributed by atoms with Crippen molar-refractivity contribution in [2.45, 2.75) is 20.5 Å². The summed E-state index contributed by atoms with van der Waals surface area (Å²) in [5.41, 5.74) is 1.35. The number of benzene rings is 2. The highest BCUT2D eigenvalue weighted by Gasteiger charge is 2.36. The van der Waals surface area contributed by atoms with Gasteiger partial charge in [0.1, 0.15) is 13.2 Å². The van der Waals surface area contributed by atoms with Crippen molar-refractivity contribution in [3.63, 3.8) is 0 Å². The molecule has 2 aromatic rings. The summed E-state index contributed by atoms with van der Waals surface area (Å²) in [5, 5.41) is 10.3. The highest BCUT2D eigenvalue weighted by atomic mass is 127. The van der Waals surface area contributed by atoms with Crippen LogP contribution in [0.15, 0.2) is 41.3 Å². The maximum Gasteiger partial charge on any atom is 0.326 e. The molecule has 0 spiro atoms. The van der Waals surface area contributed by atoms with Crippen molar-refractivity contribution >= 4 is 63.2 Å². The van der Waals surface area contributed by atoms with Crippen molar-refractivity contribution in [2.24, 2.45) is 0 Å². The lowest BCUT2D eigenvalue weighted by atomic mass is 10.1. The number of halogens is 1. The van der Waals surface area contributed by atoms with E-state index in [-0.39, 0.29) is 23.8 Å². The van der Waals surface area contributed by atoms with Crippen LogP contribution in [-0.4, -0.2) is 46.7 Å². The molecule has 0 aliphatic carbocycles. The Morgan fingerprint density at radius 2 is 1.86 bits per heavy atom. The molecule has 1 aliphatic heterocycles. The summed E-state index contributed by atoms with van der Waals surface area (Å²) >= 11 is 2.82. The Labute approximate surface area is 218 Å². The van der Waals surface area contributed by atoms with E-state index >= 15 is 0 Å². The summed E-state index contributed by atoms with van der Waals surface area (Å²) in [5.74, 6) is -0.296. The Morgan fingerprint density at radius 1 is 1.14 bits per heavy atom. The van der Waals surface area contributed by atoms with Gasteiger partial charge < -0.3 is 14.2 Å². The van der Waals surface area contributed by atoms with E-state index in [0.29, 0.717) is 27.2 Å². The number of nitro benzene ring substituents is 1. The molecule has 35 heavy (non-hydrogen) atoms. The van der Waals surface area contributed by atoms with Gasteiger partial charge in [-0.2, -0.15) is 0 Å². The first-order chi connectivity index (χ1) is 16.7. The lowest BCUT2D eigenvalue weighted by molar-refractivity contribution is -0.384. The summed E-state index contributed by atoms with van der Waals surface area (Å²) in [6, 6.07) is 9.51. The van der Waals surface area contributed by atoms with E-state index in [0.717, 1.165) is 22.2 Å². The number of amides is 2. The van der Waals surface area contributed by atoms with E-state index in [1.807, 2.05) is 6.92 Å². The van der Waals surface area contributed by atoms with Crippen LogP contribution in [0.2, 0.25) is 0 Å². The standard InChI is InChI=1S/C23H21IN2O8S/c1-3-32-18-10-15(11-19-22(28)25(23(29)35-19)12-20(27)33-4-2)9-17(24)21(18)34-13-14-5-7-16(8-6-14)26(30)31/h5-11H,3-4,12-13H2,1-2H3/b19-11+. The molecule has 0 atom stereocenters. The number of hydrogen-bond acceptors (Lipinski definition) is 9. The van der Waals surface area contributed by atoms with Gasteiger partial charge >= 0.3 is 5.97 Å². The van der Waals surface area contributed by atoms with Crippen LogP contribution in [0, 0.1) is 13.7 Å². The van der Waals surface area contributed by atoms with Crippen LogP contribution in [0.5, 0.6) is 11.5 Å². The van der Waals surface area contributed by atoms with Gasteiger partial charge in [-0.05, 0) is 89.7 Å². The molecule has 0 aromatic heterocycles. The van der Waals surface area contributed by atoms with E-state index in [1.165, 1.54) is 12.1 Å². The SMILES string of the molecule is CCOC(=O)CN1C(=O)S/C(=C/c2cc(I)c(OCc3ccc([N+](=O)[O-])cc3)c(OCC)c2)C1=O. The average Bonchev–Trinajstić information content (AvgIpc) is 3.06. The second-order valence-corrected chi connectivity index (χ2v) is 9.20. The zero-order valence-corrected chi connectivity index (χ0v) is 21.8. The molecular weight excluding hydrogens is 591 g/mol. The fourth-order valence-electron chi connectivity index (χ4n) is 3.07. The van der Waals surface area contributed by atoms with Gasteiger partial charge in [0, 0.05) is 12.1 Å². The number of hydrogen-bond donors (Lipinski definition) is 0. The zero-order chi connectivity index (χ0) is 25.5. The molecular formula is C23H21IN2O8S. The number of carbonyl (C=O) groups is 3. The Kier molecular flexibility index (Phi) is 9.09. The fraction of sp³-hybridized carbons (Fsp3) is 0.261. The number of carbonyl (C=O) groups excluding carboxylic acids is 3. The third-order valence-corrected chi connectivity index (χ3v) is 6.33. The fourth-order valence-corrected chi connectivity index (χ4v) is 4.69. The molecule has 1 heterocycles. The van der Waals surface area contributed by atoms with Gasteiger partial charge in [0.15, 0.2) is 11.5 Å². The second-order valence-electron chi connectivity index (χ2n) is 7.05. The minimum Gasteiger partial charge on any atom is -0.490 e. The van der Waals surface area contributed by atoms with Crippen LogP contribution < -0.4 is 9.47 Å². The molecule has 0 radical (unpaired) electrons. The van der Waals surface area contributed by atoms with Crippen molar-refractivity contribution in [1.29, 1.82) is 0 Å². The van der Waals surface area contributed by atoms with Gasteiger partial charge in [0.25, 0.3) is 16.8 Å². The quantitative estimate of drug-likeness (QED) is 0.123. The minimum atomic E-state index is -0.654. The molecule has 10 nitrogen and oxygen atoms in total. The van der Waals surface area contributed by atoms with E-state index in [4.69, 9.17) is 14.2 Å². The molecule has 0 saturated carbocycles. The third kappa shape index (κ3) is 6.72. The van der Waals surface area contributed by atoms with E-state index in [9.17, 15) is 24.5 Å². The maximum absolute atomic E-state index is 12.7. The number of ether oxygens (including phenoxy) is 3. The lowest BCUT2D eigenvalue weighted by Crippen LogP contribution is -2.34. The highest BCUT2D eigenvalue weighted by Crippen LogP contribution is 2.38. The third-order valence-electron chi connectivity index (χ3n) is 4.63.